The molecule has 0 heterocycles. The van der Waals surface area contributed by atoms with Crippen LogP contribution >= 0.6 is 23.2 Å². The smallest absolute Gasteiger partial charge is 0.0595 e. The second-order valence-electron chi connectivity index (χ2n) is 5.45. The average Bonchev–Trinajstić information content (AvgIpc) is 2.35. The monoisotopic (exact) mass is 301 g/mol. The zero-order valence-electron chi connectivity index (χ0n) is 11.3. The van der Waals surface area contributed by atoms with E-state index in [1.807, 2.05) is 12.1 Å². The second kappa shape index (κ2) is 6.94. The van der Waals surface area contributed by atoms with Crippen molar-refractivity contribution in [1.82, 2.24) is 5.32 Å². The van der Waals surface area contributed by atoms with E-state index in [9.17, 15) is 0 Å². The van der Waals surface area contributed by atoms with Gasteiger partial charge in [-0.2, -0.15) is 0 Å². The van der Waals surface area contributed by atoms with Crippen LogP contribution in [0.5, 0.6) is 0 Å². The van der Waals surface area contributed by atoms with Gasteiger partial charge in [-0.3, -0.25) is 0 Å². The first-order chi connectivity index (χ1) is 9.15. The molecule has 1 aliphatic carbocycles. The normalized spacial score (nSPS) is 17.2. The number of rotatable bonds is 7. The molecule has 4 heteroatoms. The van der Waals surface area contributed by atoms with Gasteiger partial charge in [-0.05, 0) is 42.4 Å². The van der Waals surface area contributed by atoms with Crippen LogP contribution in [0.15, 0.2) is 18.2 Å². The molecule has 0 unspecified atom stereocenters. The number of hydrogen-bond donors (Lipinski definition) is 1. The van der Waals surface area contributed by atoms with E-state index in [4.69, 9.17) is 27.9 Å². The number of halogens is 2. The molecule has 2 nitrogen and oxygen atoms in total. The van der Waals surface area contributed by atoms with Crippen LogP contribution in [-0.4, -0.2) is 26.8 Å². The van der Waals surface area contributed by atoms with Crippen molar-refractivity contribution in [3.63, 3.8) is 0 Å². The largest absolute Gasteiger partial charge is 0.383 e. The fourth-order valence-corrected chi connectivity index (χ4v) is 3.02. The highest BCUT2D eigenvalue weighted by Gasteiger charge is 2.36. The van der Waals surface area contributed by atoms with Crippen molar-refractivity contribution in [1.29, 1.82) is 0 Å². The second-order valence-corrected chi connectivity index (χ2v) is 6.26. The van der Waals surface area contributed by atoms with Crippen LogP contribution in [0.2, 0.25) is 10.0 Å². The summed E-state index contributed by atoms with van der Waals surface area (Å²) in [4.78, 5) is 0. The molecular weight excluding hydrogens is 281 g/mol. The summed E-state index contributed by atoms with van der Waals surface area (Å²) in [6.07, 6.45) is 4.97. The lowest BCUT2D eigenvalue weighted by Gasteiger charge is -2.42. The van der Waals surface area contributed by atoms with Crippen LogP contribution in [0.3, 0.4) is 0 Å². The fraction of sp³-hybridized carbons (Fsp3) is 0.600. The molecule has 1 aromatic rings. The van der Waals surface area contributed by atoms with Crippen LogP contribution < -0.4 is 5.32 Å². The number of hydrogen-bond acceptors (Lipinski definition) is 2. The van der Waals surface area contributed by atoms with E-state index in [0.29, 0.717) is 15.5 Å². The first-order valence-electron chi connectivity index (χ1n) is 6.79. The molecule has 0 bridgehead atoms. The molecule has 0 aromatic heterocycles. The first-order valence-corrected chi connectivity index (χ1v) is 7.54. The quantitative estimate of drug-likeness (QED) is 0.770. The minimum atomic E-state index is 0.394. The van der Waals surface area contributed by atoms with Crippen LogP contribution in [0.25, 0.3) is 0 Å². The number of methoxy groups -OCH3 is 1. The SMILES string of the molecule is COCCNCC1(Cc2ccc(Cl)c(Cl)c2)CCC1. The standard InChI is InChI=1S/C15H21Cl2NO/c1-19-8-7-18-11-15(5-2-6-15)10-12-3-4-13(16)14(17)9-12/h3-4,9,18H,2,5-8,10-11H2,1H3. The van der Waals surface area contributed by atoms with Gasteiger partial charge in [-0.15, -0.1) is 0 Å². The van der Waals surface area contributed by atoms with Crippen molar-refractivity contribution in [2.45, 2.75) is 25.7 Å². The maximum atomic E-state index is 6.09. The lowest BCUT2D eigenvalue weighted by Crippen LogP contribution is -2.42. The Kier molecular flexibility index (Phi) is 5.52. The summed E-state index contributed by atoms with van der Waals surface area (Å²) >= 11 is 12.0. The summed E-state index contributed by atoms with van der Waals surface area (Å²) < 4.78 is 5.06. The average molecular weight is 302 g/mol. The molecule has 2 rings (SSSR count). The molecule has 1 N–H and O–H groups in total. The van der Waals surface area contributed by atoms with Crippen molar-refractivity contribution >= 4 is 23.2 Å². The summed E-state index contributed by atoms with van der Waals surface area (Å²) in [6, 6.07) is 5.98. The summed E-state index contributed by atoms with van der Waals surface area (Å²) in [5.41, 5.74) is 1.67. The van der Waals surface area contributed by atoms with Gasteiger partial charge >= 0.3 is 0 Å². The number of ether oxygens (including phenoxy) is 1. The molecule has 0 amide bonds. The van der Waals surface area contributed by atoms with Crippen molar-refractivity contribution in [3.05, 3.63) is 33.8 Å². The van der Waals surface area contributed by atoms with Crippen molar-refractivity contribution in [2.24, 2.45) is 5.41 Å². The summed E-state index contributed by atoms with van der Waals surface area (Å²) in [6.45, 7) is 2.74. The zero-order valence-corrected chi connectivity index (χ0v) is 12.9. The molecule has 1 aliphatic rings. The highest BCUT2D eigenvalue weighted by molar-refractivity contribution is 6.42. The lowest BCUT2D eigenvalue weighted by molar-refractivity contribution is 0.123. The Hall–Kier alpha value is -0.280. The van der Waals surface area contributed by atoms with Gasteiger partial charge < -0.3 is 10.1 Å². The third-order valence-corrected chi connectivity index (χ3v) is 4.70. The molecule has 19 heavy (non-hydrogen) atoms. The van der Waals surface area contributed by atoms with Gasteiger partial charge in [0.05, 0.1) is 16.7 Å². The van der Waals surface area contributed by atoms with Crippen LogP contribution in [0.1, 0.15) is 24.8 Å². The van der Waals surface area contributed by atoms with E-state index in [-0.39, 0.29) is 0 Å². The van der Waals surface area contributed by atoms with Crippen LogP contribution in [-0.2, 0) is 11.2 Å². The molecule has 0 radical (unpaired) electrons. The van der Waals surface area contributed by atoms with Gasteiger partial charge in [-0.1, -0.05) is 35.7 Å². The Morgan fingerprint density at radius 2 is 2.05 bits per heavy atom. The van der Waals surface area contributed by atoms with Crippen LogP contribution in [0, 0.1) is 5.41 Å². The summed E-state index contributed by atoms with van der Waals surface area (Å²) in [5, 5.41) is 4.78. The van der Waals surface area contributed by atoms with Gasteiger partial charge in [-0.25, -0.2) is 0 Å². The van der Waals surface area contributed by atoms with Gasteiger partial charge in [0.25, 0.3) is 0 Å². The highest BCUT2D eigenvalue weighted by atomic mass is 35.5. The maximum absolute atomic E-state index is 6.09. The highest BCUT2D eigenvalue weighted by Crippen LogP contribution is 2.43. The zero-order chi connectivity index (χ0) is 13.7. The minimum absolute atomic E-state index is 0.394. The third kappa shape index (κ3) is 4.09. The molecule has 0 aliphatic heterocycles. The Bertz CT molecular complexity index is 419. The van der Waals surface area contributed by atoms with E-state index < -0.39 is 0 Å². The molecule has 1 saturated carbocycles. The Balaban J connectivity index is 1.92. The molecule has 106 valence electrons. The number of nitrogens with one attached hydrogen (secondary N) is 1. The Morgan fingerprint density at radius 3 is 2.63 bits per heavy atom. The molecule has 0 spiro atoms. The van der Waals surface area contributed by atoms with E-state index in [2.05, 4.69) is 11.4 Å². The predicted octanol–water partition coefficient (Wildman–Crippen LogP) is 3.94. The van der Waals surface area contributed by atoms with E-state index in [1.54, 1.807) is 7.11 Å². The maximum Gasteiger partial charge on any atom is 0.0595 e. The molecule has 1 fully saturated rings. The Morgan fingerprint density at radius 1 is 1.26 bits per heavy atom. The fourth-order valence-electron chi connectivity index (χ4n) is 2.70. The molecular formula is C15H21Cl2NO. The topological polar surface area (TPSA) is 21.3 Å². The van der Waals surface area contributed by atoms with Crippen LogP contribution in [0.4, 0.5) is 0 Å². The minimum Gasteiger partial charge on any atom is -0.383 e. The van der Waals surface area contributed by atoms with Gasteiger partial charge in [0, 0.05) is 20.2 Å². The number of benzene rings is 1. The van der Waals surface area contributed by atoms with E-state index >= 15 is 0 Å². The Labute approximate surface area is 125 Å². The predicted molar refractivity (Wildman–Crippen MR) is 81.2 cm³/mol. The van der Waals surface area contributed by atoms with Crippen molar-refractivity contribution in [2.75, 3.05) is 26.8 Å². The molecule has 1 aromatic carbocycles. The summed E-state index contributed by atoms with van der Waals surface area (Å²) in [7, 11) is 1.73. The lowest BCUT2D eigenvalue weighted by atomic mass is 9.65. The first kappa shape index (κ1) is 15.1. The molecule has 0 saturated heterocycles. The van der Waals surface area contributed by atoms with Gasteiger partial charge in [0.15, 0.2) is 0 Å². The van der Waals surface area contributed by atoms with Crippen molar-refractivity contribution < 1.29 is 4.74 Å². The van der Waals surface area contributed by atoms with Gasteiger partial charge in [0.1, 0.15) is 0 Å². The van der Waals surface area contributed by atoms with Gasteiger partial charge in [0.2, 0.25) is 0 Å². The van der Waals surface area contributed by atoms with E-state index in [1.165, 1.54) is 24.8 Å². The van der Waals surface area contributed by atoms with Crippen molar-refractivity contribution in [3.8, 4) is 0 Å². The van der Waals surface area contributed by atoms with E-state index in [0.717, 1.165) is 26.1 Å². The molecule has 0 atom stereocenters. The summed E-state index contributed by atoms with van der Waals surface area (Å²) in [5.74, 6) is 0. The third-order valence-electron chi connectivity index (χ3n) is 3.96.